The fraction of sp³-hybridized carbons (Fsp3) is 0.364. The molecule has 2 aromatic carbocycles. The molecule has 31 heavy (non-hydrogen) atoms. The molecule has 1 fully saturated rings. The van der Waals surface area contributed by atoms with Crippen LogP contribution in [0.1, 0.15) is 25.3 Å². The van der Waals surface area contributed by atoms with E-state index >= 15 is 0 Å². The van der Waals surface area contributed by atoms with Crippen molar-refractivity contribution in [2.24, 2.45) is 5.92 Å². The summed E-state index contributed by atoms with van der Waals surface area (Å²) >= 11 is 0. The lowest BCUT2D eigenvalue weighted by molar-refractivity contribution is -0.133. The van der Waals surface area contributed by atoms with Gasteiger partial charge in [0, 0.05) is 25.7 Å². The number of benzene rings is 2. The predicted octanol–water partition coefficient (Wildman–Crippen LogP) is 2.33. The molecule has 0 radical (unpaired) electrons. The molecule has 0 bridgehead atoms. The van der Waals surface area contributed by atoms with Gasteiger partial charge in [-0.05, 0) is 36.5 Å². The molecule has 9 heteroatoms. The summed E-state index contributed by atoms with van der Waals surface area (Å²) in [4.78, 5) is 26.8. The molecule has 164 valence electrons. The Morgan fingerprint density at radius 3 is 2.71 bits per heavy atom. The molecule has 0 saturated carbocycles. The molecular formula is C22H25N3O5S. The lowest BCUT2D eigenvalue weighted by Crippen LogP contribution is -2.41. The zero-order valence-corrected chi connectivity index (χ0v) is 18.1. The first kappa shape index (κ1) is 21.3. The molecule has 0 aliphatic carbocycles. The van der Waals surface area contributed by atoms with Crippen LogP contribution in [0.2, 0.25) is 0 Å². The highest BCUT2D eigenvalue weighted by Gasteiger charge is 2.23. The monoisotopic (exact) mass is 443 g/mol. The van der Waals surface area contributed by atoms with Crippen LogP contribution in [0.5, 0.6) is 0 Å². The molecule has 1 aliphatic heterocycles. The van der Waals surface area contributed by atoms with Crippen molar-refractivity contribution in [3.05, 3.63) is 64.6 Å². The fourth-order valence-electron chi connectivity index (χ4n) is 3.87. The topological polar surface area (TPSA) is 102 Å². The summed E-state index contributed by atoms with van der Waals surface area (Å²) in [6.07, 6.45) is 2.04. The van der Waals surface area contributed by atoms with Gasteiger partial charge in [0.25, 0.3) is 0 Å². The minimum atomic E-state index is -3.80. The van der Waals surface area contributed by atoms with Crippen LogP contribution in [-0.4, -0.2) is 36.9 Å². The number of carbonyl (C=O) groups is 1. The summed E-state index contributed by atoms with van der Waals surface area (Å²) in [7, 11) is -3.80. The van der Waals surface area contributed by atoms with E-state index in [0.29, 0.717) is 24.5 Å². The second-order valence-corrected chi connectivity index (χ2v) is 9.75. The maximum absolute atomic E-state index is 12.7. The van der Waals surface area contributed by atoms with Gasteiger partial charge in [0.1, 0.15) is 6.54 Å². The van der Waals surface area contributed by atoms with Crippen LogP contribution in [0.4, 0.5) is 0 Å². The molecule has 1 N–H and O–H groups in total. The van der Waals surface area contributed by atoms with Gasteiger partial charge < -0.3 is 9.32 Å². The average molecular weight is 444 g/mol. The summed E-state index contributed by atoms with van der Waals surface area (Å²) in [5.74, 6) is -0.385. The third-order valence-electron chi connectivity index (χ3n) is 5.56. The Bertz CT molecular complexity index is 1250. The molecular weight excluding hydrogens is 418 g/mol. The minimum Gasteiger partial charge on any atom is -0.408 e. The summed E-state index contributed by atoms with van der Waals surface area (Å²) in [6.45, 7) is 3.49. The van der Waals surface area contributed by atoms with E-state index < -0.39 is 15.8 Å². The highest BCUT2D eigenvalue weighted by atomic mass is 32.2. The summed E-state index contributed by atoms with van der Waals surface area (Å²) in [6, 6.07) is 13.4. The Morgan fingerprint density at radius 1 is 1.19 bits per heavy atom. The van der Waals surface area contributed by atoms with E-state index in [1.807, 2.05) is 30.3 Å². The number of rotatable bonds is 6. The Hall–Kier alpha value is -2.91. The zero-order chi connectivity index (χ0) is 22.0. The number of piperidine rings is 1. The Balaban J connectivity index is 1.54. The lowest BCUT2D eigenvalue weighted by atomic mass is 10.0. The number of carbonyl (C=O) groups excluding carboxylic acids is 1. The first-order valence-corrected chi connectivity index (χ1v) is 11.8. The highest BCUT2D eigenvalue weighted by molar-refractivity contribution is 7.89. The van der Waals surface area contributed by atoms with Crippen molar-refractivity contribution < 1.29 is 17.6 Å². The molecule has 2 heterocycles. The maximum atomic E-state index is 12.7. The molecule has 1 unspecified atom stereocenters. The van der Waals surface area contributed by atoms with Gasteiger partial charge in [-0.25, -0.2) is 17.9 Å². The molecule has 3 aromatic rings. The largest absolute Gasteiger partial charge is 0.420 e. The average Bonchev–Trinajstić information content (AvgIpc) is 3.07. The van der Waals surface area contributed by atoms with Crippen molar-refractivity contribution in [3.63, 3.8) is 0 Å². The van der Waals surface area contributed by atoms with Crippen molar-refractivity contribution in [2.75, 3.05) is 13.1 Å². The quantitative estimate of drug-likeness (QED) is 0.630. The molecule has 1 atom stereocenters. The molecule has 0 spiro atoms. The minimum absolute atomic E-state index is 0.00647. The Morgan fingerprint density at radius 2 is 1.97 bits per heavy atom. The fourth-order valence-corrected chi connectivity index (χ4v) is 4.91. The van der Waals surface area contributed by atoms with Crippen molar-refractivity contribution in [1.82, 2.24) is 14.2 Å². The van der Waals surface area contributed by atoms with Crippen molar-refractivity contribution in [1.29, 1.82) is 0 Å². The van der Waals surface area contributed by atoms with E-state index in [4.69, 9.17) is 4.42 Å². The SMILES string of the molecule is CC1CCCN(C(=O)Cn2c(=O)oc3cc(S(=O)(=O)NCc4ccccc4)ccc32)C1. The smallest absolute Gasteiger partial charge is 0.408 e. The van der Waals surface area contributed by atoms with E-state index in [1.165, 1.54) is 22.8 Å². The zero-order valence-electron chi connectivity index (χ0n) is 17.3. The van der Waals surface area contributed by atoms with E-state index in [9.17, 15) is 18.0 Å². The number of amides is 1. The number of likely N-dealkylation sites (tertiary alicyclic amines) is 1. The van der Waals surface area contributed by atoms with E-state index in [0.717, 1.165) is 18.4 Å². The van der Waals surface area contributed by atoms with Crippen LogP contribution < -0.4 is 10.5 Å². The standard InChI is InChI=1S/C22H25N3O5S/c1-16-6-5-11-24(14-16)21(26)15-25-19-10-9-18(12-20(19)30-22(25)27)31(28,29)23-13-17-7-3-2-4-8-17/h2-4,7-10,12,16,23H,5-6,11,13-15H2,1H3. The van der Waals surface area contributed by atoms with Gasteiger partial charge in [-0.2, -0.15) is 0 Å². The van der Waals surface area contributed by atoms with E-state index in [2.05, 4.69) is 11.6 Å². The molecule has 1 aromatic heterocycles. The van der Waals surface area contributed by atoms with E-state index in [-0.39, 0.29) is 29.5 Å². The van der Waals surface area contributed by atoms with Crippen LogP contribution in [-0.2, 0) is 27.9 Å². The number of fused-ring (bicyclic) bond motifs is 1. The van der Waals surface area contributed by atoms with E-state index in [1.54, 1.807) is 4.90 Å². The van der Waals surface area contributed by atoms with Crippen molar-refractivity contribution in [3.8, 4) is 0 Å². The number of sulfonamides is 1. The van der Waals surface area contributed by atoms with Crippen LogP contribution in [0.25, 0.3) is 11.1 Å². The van der Waals surface area contributed by atoms with Gasteiger partial charge in [-0.1, -0.05) is 37.3 Å². The summed E-state index contributed by atoms with van der Waals surface area (Å²) in [5, 5.41) is 0. The molecule has 1 saturated heterocycles. The third kappa shape index (κ3) is 4.72. The highest BCUT2D eigenvalue weighted by Crippen LogP contribution is 2.20. The number of hydrogen-bond acceptors (Lipinski definition) is 5. The number of aromatic nitrogens is 1. The number of oxazole rings is 1. The van der Waals surface area contributed by atoms with Crippen molar-refractivity contribution in [2.45, 2.75) is 37.8 Å². The summed E-state index contributed by atoms with van der Waals surface area (Å²) in [5.41, 5.74) is 1.35. The van der Waals surface area contributed by atoms with Gasteiger partial charge in [0.15, 0.2) is 5.58 Å². The first-order valence-electron chi connectivity index (χ1n) is 10.3. The third-order valence-corrected chi connectivity index (χ3v) is 6.96. The predicted molar refractivity (Wildman–Crippen MR) is 116 cm³/mol. The second kappa shape index (κ2) is 8.68. The molecule has 8 nitrogen and oxygen atoms in total. The summed E-state index contributed by atoms with van der Waals surface area (Å²) < 4.78 is 34.4. The normalized spacial score (nSPS) is 17.2. The number of nitrogens with zero attached hydrogens (tertiary/aromatic N) is 2. The van der Waals surface area contributed by atoms with Gasteiger partial charge in [-0.3, -0.25) is 9.36 Å². The van der Waals surface area contributed by atoms with Crippen LogP contribution in [0.15, 0.2) is 62.6 Å². The second-order valence-electron chi connectivity index (χ2n) is 7.98. The van der Waals surface area contributed by atoms with Crippen LogP contribution >= 0.6 is 0 Å². The van der Waals surface area contributed by atoms with Crippen LogP contribution in [0.3, 0.4) is 0 Å². The van der Waals surface area contributed by atoms with Gasteiger partial charge in [-0.15, -0.1) is 0 Å². The number of hydrogen-bond donors (Lipinski definition) is 1. The molecule has 1 aliphatic rings. The Labute approximate surface area is 180 Å². The molecule has 4 rings (SSSR count). The molecule has 1 amide bonds. The first-order chi connectivity index (χ1) is 14.8. The van der Waals surface area contributed by atoms with Gasteiger partial charge in [0.2, 0.25) is 15.9 Å². The van der Waals surface area contributed by atoms with Gasteiger partial charge in [0.05, 0.1) is 10.4 Å². The lowest BCUT2D eigenvalue weighted by Gasteiger charge is -2.30. The van der Waals surface area contributed by atoms with Crippen LogP contribution in [0, 0.1) is 5.92 Å². The van der Waals surface area contributed by atoms with Gasteiger partial charge >= 0.3 is 5.76 Å². The number of nitrogens with one attached hydrogen (secondary N) is 1. The maximum Gasteiger partial charge on any atom is 0.420 e. The van der Waals surface area contributed by atoms with Crippen molar-refractivity contribution >= 4 is 27.0 Å². The Kier molecular flexibility index (Phi) is 5.97.